The van der Waals surface area contributed by atoms with Gasteiger partial charge in [0.05, 0.1) is 29.1 Å². The first-order valence-electron chi connectivity index (χ1n) is 7.95. The van der Waals surface area contributed by atoms with Crippen LogP contribution < -0.4 is 0 Å². The summed E-state index contributed by atoms with van der Waals surface area (Å²) in [5.41, 5.74) is 1.23. The second kappa shape index (κ2) is 7.55. The van der Waals surface area contributed by atoms with Crippen molar-refractivity contribution in [3.05, 3.63) is 46.2 Å². The molecular formula is C17H19Cl2N3O2. The highest BCUT2D eigenvalue weighted by Gasteiger charge is 2.23. The number of carbonyl (C=O) groups excluding carboxylic acids is 1. The summed E-state index contributed by atoms with van der Waals surface area (Å²) in [6, 6.07) is 5.17. The maximum Gasteiger partial charge on any atom is 0.257 e. The van der Waals surface area contributed by atoms with Crippen LogP contribution in [0.3, 0.4) is 0 Å². The van der Waals surface area contributed by atoms with Gasteiger partial charge in [-0.25, -0.2) is 4.68 Å². The van der Waals surface area contributed by atoms with E-state index in [0.717, 1.165) is 19.6 Å². The van der Waals surface area contributed by atoms with Crippen molar-refractivity contribution in [2.24, 2.45) is 5.92 Å². The highest BCUT2D eigenvalue weighted by molar-refractivity contribution is 6.35. The van der Waals surface area contributed by atoms with Crippen LogP contribution in [-0.2, 0) is 4.74 Å². The third kappa shape index (κ3) is 3.74. The number of aromatic nitrogens is 2. The molecule has 0 saturated carbocycles. The van der Waals surface area contributed by atoms with E-state index in [1.165, 1.54) is 0 Å². The second-order valence-corrected chi connectivity index (χ2v) is 6.69. The average molecular weight is 368 g/mol. The lowest BCUT2D eigenvalue weighted by atomic mass is 10.1. The topological polar surface area (TPSA) is 47.4 Å². The number of amides is 1. The van der Waals surface area contributed by atoms with Gasteiger partial charge in [0.2, 0.25) is 0 Å². The van der Waals surface area contributed by atoms with Crippen LogP contribution in [0.4, 0.5) is 0 Å². The molecule has 24 heavy (non-hydrogen) atoms. The number of nitrogens with zero attached hydrogens (tertiary/aromatic N) is 3. The molecule has 0 N–H and O–H groups in total. The van der Waals surface area contributed by atoms with Gasteiger partial charge in [-0.1, -0.05) is 23.2 Å². The standard InChI is InChI=1S/C17H19Cl2N3O2/c1-2-21(9-12-5-6-24-11-12)17(23)13-8-20-22(10-13)16-4-3-14(18)7-15(16)19/h3-4,7-8,10,12H,2,5-6,9,11H2,1H3. The number of halogens is 2. The summed E-state index contributed by atoms with van der Waals surface area (Å²) >= 11 is 12.1. The van der Waals surface area contributed by atoms with Gasteiger partial charge in [-0.3, -0.25) is 4.79 Å². The van der Waals surface area contributed by atoms with Gasteiger partial charge in [-0.05, 0) is 31.5 Å². The molecule has 1 unspecified atom stereocenters. The van der Waals surface area contributed by atoms with Crippen molar-refractivity contribution in [1.29, 1.82) is 0 Å². The Morgan fingerprint density at radius 2 is 2.29 bits per heavy atom. The number of hydrogen-bond donors (Lipinski definition) is 0. The molecule has 1 aromatic heterocycles. The molecule has 2 heterocycles. The minimum absolute atomic E-state index is 0.0271. The van der Waals surface area contributed by atoms with E-state index in [9.17, 15) is 4.79 Å². The second-order valence-electron chi connectivity index (χ2n) is 5.84. The Labute approximate surface area is 151 Å². The van der Waals surface area contributed by atoms with E-state index in [1.807, 2.05) is 11.8 Å². The molecule has 1 aliphatic heterocycles. The smallest absolute Gasteiger partial charge is 0.257 e. The average Bonchev–Trinajstić information content (AvgIpc) is 3.23. The molecule has 0 spiro atoms. The first-order chi connectivity index (χ1) is 11.6. The molecule has 5 nitrogen and oxygen atoms in total. The third-order valence-corrected chi connectivity index (χ3v) is 4.70. The maximum atomic E-state index is 12.7. The molecule has 2 aromatic rings. The molecule has 0 aliphatic carbocycles. The number of carbonyl (C=O) groups is 1. The lowest BCUT2D eigenvalue weighted by Gasteiger charge is -2.23. The van der Waals surface area contributed by atoms with Crippen LogP contribution in [0.25, 0.3) is 5.69 Å². The van der Waals surface area contributed by atoms with Crippen LogP contribution in [-0.4, -0.2) is 46.9 Å². The minimum atomic E-state index is -0.0271. The Morgan fingerprint density at radius 1 is 1.46 bits per heavy atom. The lowest BCUT2D eigenvalue weighted by molar-refractivity contribution is 0.0731. The molecule has 7 heteroatoms. The quantitative estimate of drug-likeness (QED) is 0.809. The van der Waals surface area contributed by atoms with Gasteiger partial charge < -0.3 is 9.64 Å². The largest absolute Gasteiger partial charge is 0.381 e. The fraction of sp³-hybridized carbons (Fsp3) is 0.412. The van der Waals surface area contributed by atoms with Crippen LogP contribution in [0.1, 0.15) is 23.7 Å². The molecule has 3 rings (SSSR count). The summed E-state index contributed by atoms with van der Waals surface area (Å²) in [5.74, 6) is 0.385. The molecule has 1 amide bonds. The van der Waals surface area contributed by atoms with E-state index >= 15 is 0 Å². The predicted molar refractivity (Wildman–Crippen MR) is 94.1 cm³/mol. The van der Waals surface area contributed by atoms with Crippen LogP contribution in [0.5, 0.6) is 0 Å². The van der Waals surface area contributed by atoms with Crippen molar-refractivity contribution < 1.29 is 9.53 Å². The maximum absolute atomic E-state index is 12.7. The molecule has 0 bridgehead atoms. The molecular weight excluding hydrogens is 349 g/mol. The third-order valence-electron chi connectivity index (χ3n) is 4.16. The first-order valence-corrected chi connectivity index (χ1v) is 8.71. The zero-order valence-electron chi connectivity index (χ0n) is 13.4. The van der Waals surface area contributed by atoms with Gasteiger partial charge in [0.25, 0.3) is 5.91 Å². The molecule has 1 aromatic carbocycles. The van der Waals surface area contributed by atoms with E-state index < -0.39 is 0 Å². The Bertz CT molecular complexity index is 726. The summed E-state index contributed by atoms with van der Waals surface area (Å²) in [5, 5.41) is 5.31. The van der Waals surface area contributed by atoms with Gasteiger partial charge in [-0.2, -0.15) is 5.10 Å². The summed E-state index contributed by atoms with van der Waals surface area (Å²) in [4.78, 5) is 14.6. The van der Waals surface area contributed by atoms with Crippen LogP contribution in [0.2, 0.25) is 10.0 Å². The first kappa shape index (κ1) is 17.3. The predicted octanol–water partition coefficient (Wildman–Crippen LogP) is 3.68. The van der Waals surface area contributed by atoms with Gasteiger partial charge in [0, 0.05) is 36.8 Å². The minimum Gasteiger partial charge on any atom is -0.381 e. The van der Waals surface area contributed by atoms with Crippen molar-refractivity contribution in [2.75, 3.05) is 26.3 Å². The van der Waals surface area contributed by atoms with Crippen molar-refractivity contribution in [3.63, 3.8) is 0 Å². The Morgan fingerprint density at radius 3 is 2.96 bits per heavy atom. The monoisotopic (exact) mass is 367 g/mol. The zero-order chi connectivity index (χ0) is 17.1. The molecule has 128 valence electrons. The summed E-state index contributed by atoms with van der Waals surface area (Å²) < 4.78 is 6.99. The van der Waals surface area contributed by atoms with E-state index in [4.69, 9.17) is 27.9 Å². The molecule has 1 saturated heterocycles. The van der Waals surface area contributed by atoms with Crippen LogP contribution in [0.15, 0.2) is 30.6 Å². The van der Waals surface area contributed by atoms with Gasteiger partial charge in [0.1, 0.15) is 0 Å². The normalized spacial score (nSPS) is 17.2. The number of rotatable bonds is 5. The highest BCUT2D eigenvalue weighted by atomic mass is 35.5. The van der Waals surface area contributed by atoms with Crippen LogP contribution in [0, 0.1) is 5.92 Å². The van der Waals surface area contributed by atoms with E-state index in [2.05, 4.69) is 5.10 Å². The molecule has 0 radical (unpaired) electrons. The van der Waals surface area contributed by atoms with Crippen molar-refractivity contribution in [3.8, 4) is 5.69 Å². The van der Waals surface area contributed by atoms with Gasteiger partial charge >= 0.3 is 0 Å². The summed E-state index contributed by atoms with van der Waals surface area (Å²) in [6.45, 7) is 4.85. The molecule has 1 fully saturated rings. The summed E-state index contributed by atoms with van der Waals surface area (Å²) in [7, 11) is 0. The number of ether oxygens (including phenoxy) is 1. The fourth-order valence-corrected chi connectivity index (χ4v) is 3.30. The SMILES string of the molecule is CCN(CC1CCOC1)C(=O)c1cnn(-c2ccc(Cl)cc2Cl)c1. The van der Waals surface area contributed by atoms with Crippen molar-refractivity contribution >= 4 is 29.1 Å². The molecule has 1 aliphatic rings. The van der Waals surface area contributed by atoms with Crippen molar-refractivity contribution in [1.82, 2.24) is 14.7 Å². The number of hydrogen-bond acceptors (Lipinski definition) is 3. The molecule has 1 atom stereocenters. The van der Waals surface area contributed by atoms with E-state index in [0.29, 0.717) is 40.3 Å². The fourth-order valence-electron chi connectivity index (χ4n) is 2.81. The van der Waals surface area contributed by atoms with Gasteiger partial charge in [-0.15, -0.1) is 0 Å². The van der Waals surface area contributed by atoms with Crippen molar-refractivity contribution in [2.45, 2.75) is 13.3 Å². The van der Waals surface area contributed by atoms with E-state index in [1.54, 1.807) is 35.3 Å². The van der Waals surface area contributed by atoms with E-state index in [-0.39, 0.29) is 5.91 Å². The Hall–Kier alpha value is -1.56. The van der Waals surface area contributed by atoms with Crippen LogP contribution >= 0.6 is 23.2 Å². The summed E-state index contributed by atoms with van der Waals surface area (Å²) in [6.07, 6.45) is 4.27. The lowest BCUT2D eigenvalue weighted by Crippen LogP contribution is -2.35. The zero-order valence-corrected chi connectivity index (χ0v) is 14.9. The Balaban J connectivity index is 1.77. The Kier molecular flexibility index (Phi) is 5.43. The number of benzene rings is 1. The van der Waals surface area contributed by atoms with Gasteiger partial charge in [0.15, 0.2) is 0 Å². The highest BCUT2D eigenvalue weighted by Crippen LogP contribution is 2.24.